The minimum atomic E-state index is 0.131. The first-order valence-electron chi connectivity index (χ1n) is 10.5. The quantitative estimate of drug-likeness (QED) is 0.763. The minimum Gasteiger partial charge on any atom is -0.338 e. The Kier molecular flexibility index (Phi) is 6.82. The van der Waals surface area contributed by atoms with Crippen LogP contribution in [-0.4, -0.2) is 77.4 Å². The van der Waals surface area contributed by atoms with Crippen molar-refractivity contribution < 1.29 is 4.79 Å². The third kappa shape index (κ3) is 5.26. The van der Waals surface area contributed by atoms with E-state index in [1.807, 2.05) is 26.2 Å². The normalized spacial score (nSPS) is 20.6. The highest BCUT2D eigenvalue weighted by molar-refractivity contribution is 5.82. The summed E-state index contributed by atoms with van der Waals surface area (Å²) in [5.74, 6) is 1.86. The SMILES string of the molecule is CC(C)C(=O)CN1CCC(c2cnc(N3CCN(C(C)C)CC3)nc2)CC1. The number of hydrogen-bond acceptors (Lipinski definition) is 6. The molecular weight excluding hydrogens is 338 g/mol. The Labute approximate surface area is 164 Å². The van der Waals surface area contributed by atoms with Crippen molar-refractivity contribution in [2.24, 2.45) is 5.92 Å². The average Bonchev–Trinajstić information content (AvgIpc) is 2.69. The van der Waals surface area contributed by atoms with Gasteiger partial charge < -0.3 is 4.90 Å². The molecular formula is C21H35N5O. The van der Waals surface area contributed by atoms with Crippen molar-refractivity contribution in [1.82, 2.24) is 19.8 Å². The van der Waals surface area contributed by atoms with Crippen molar-refractivity contribution in [3.63, 3.8) is 0 Å². The van der Waals surface area contributed by atoms with Crippen LogP contribution in [0.3, 0.4) is 0 Å². The number of nitrogens with zero attached hydrogens (tertiary/aromatic N) is 5. The summed E-state index contributed by atoms with van der Waals surface area (Å²) in [4.78, 5) is 28.4. The Morgan fingerprint density at radius 1 is 1.00 bits per heavy atom. The summed E-state index contributed by atoms with van der Waals surface area (Å²) >= 11 is 0. The minimum absolute atomic E-state index is 0.131. The molecule has 0 atom stereocenters. The lowest BCUT2D eigenvalue weighted by Gasteiger charge is -2.37. The molecule has 0 unspecified atom stereocenters. The van der Waals surface area contributed by atoms with Gasteiger partial charge in [0.15, 0.2) is 0 Å². The number of rotatable bonds is 6. The topological polar surface area (TPSA) is 52.6 Å². The summed E-state index contributed by atoms with van der Waals surface area (Å²) < 4.78 is 0. The molecule has 0 radical (unpaired) electrons. The second kappa shape index (κ2) is 9.11. The van der Waals surface area contributed by atoms with E-state index in [2.05, 4.69) is 38.5 Å². The summed E-state index contributed by atoms with van der Waals surface area (Å²) in [6.45, 7) is 15.2. The van der Waals surface area contributed by atoms with Gasteiger partial charge in [-0.1, -0.05) is 13.8 Å². The predicted molar refractivity (Wildman–Crippen MR) is 109 cm³/mol. The van der Waals surface area contributed by atoms with Crippen molar-refractivity contribution in [2.75, 3.05) is 50.7 Å². The second-order valence-corrected chi connectivity index (χ2v) is 8.60. The molecule has 2 saturated heterocycles. The lowest BCUT2D eigenvalue weighted by Crippen LogP contribution is -2.49. The molecule has 0 aromatic carbocycles. The Morgan fingerprint density at radius 3 is 2.11 bits per heavy atom. The number of likely N-dealkylation sites (tertiary alicyclic amines) is 1. The number of carbonyl (C=O) groups is 1. The molecule has 0 spiro atoms. The highest BCUT2D eigenvalue weighted by Crippen LogP contribution is 2.27. The lowest BCUT2D eigenvalue weighted by atomic mass is 9.91. The molecule has 2 fully saturated rings. The molecule has 2 aliphatic heterocycles. The molecule has 0 amide bonds. The molecule has 3 rings (SSSR count). The fourth-order valence-electron chi connectivity index (χ4n) is 3.97. The summed E-state index contributed by atoms with van der Waals surface area (Å²) in [5.41, 5.74) is 1.24. The van der Waals surface area contributed by atoms with E-state index in [-0.39, 0.29) is 5.92 Å². The molecule has 0 bridgehead atoms. The summed E-state index contributed by atoms with van der Waals surface area (Å²) in [6, 6.07) is 0.608. The molecule has 2 aliphatic rings. The van der Waals surface area contributed by atoms with Crippen LogP contribution >= 0.6 is 0 Å². The van der Waals surface area contributed by atoms with E-state index in [4.69, 9.17) is 0 Å². The summed E-state index contributed by atoms with van der Waals surface area (Å²) in [6.07, 6.45) is 6.22. The van der Waals surface area contributed by atoms with E-state index >= 15 is 0 Å². The maximum absolute atomic E-state index is 11.9. The van der Waals surface area contributed by atoms with Crippen LogP contribution in [0.5, 0.6) is 0 Å². The second-order valence-electron chi connectivity index (χ2n) is 8.60. The highest BCUT2D eigenvalue weighted by Gasteiger charge is 2.24. The molecule has 27 heavy (non-hydrogen) atoms. The number of piperazine rings is 1. The zero-order chi connectivity index (χ0) is 19.4. The van der Waals surface area contributed by atoms with Gasteiger partial charge in [-0.15, -0.1) is 0 Å². The molecule has 1 aromatic rings. The van der Waals surface area contributed by atoms with Crippen LogP contribution in [0.15, 0.2) is 12.4 Å². The fourth-order valence-corrected chi connectivity index (χ4v) is 3.97. The third-order valence-electron chi connectivity index (χ3n) is 6.07. The van der Waals surface area contributed by atoms with Gasteiger partial charge in [0, 0.05) is 50.5 Å². The van der Waals surface area contributed by atoms with E-state index < -0.39 is 0 Å². The van der Waals surface area contributed by atoms with Gasteiger partial charge in [0.2, 0.25) is 5.95 Å². The largest absolute Gasteiger partial charge is 0.338 e. The number of piperidine rings is 1. The third-order valence-corrected chi connectivity index (χ3v) is 6.07. The Morgan fingerprint density at radius 2 is 1.59 bits per heavy atom. The molecule has 1 aromatic heterocycles. The van der Waals surface area contributed by atoms with Gasteiger partial charge in [0.1, 0.15) is 5.78 Å². The zero-order valence-electron chi connectivity index (χ0n) is 17.4. The van der Waals surface area contributed by atoms with Crippen molar-refractivity contribution in [1.29, 1.82) is 0 Å². The van der Waals surface area contributed by atoms with Crippen molar-refractivity contribution in [2.45, 2.75) is 52.5 Å². The van der Waals surface area contributed by atoms with Crippen molar-refractivity contribution in [3.8, 4) is 0 Å². The Bertz CT molecular complexity index is 600. The molecule has 0 N–H and O–H groups in total. The van der Waals surface area contributed by atoms with Gasteiger partial charge in [-0.05, 0) is 51.3 Å². The van der Waals surface area contributed by atoms with Gasteiger partial charge in [0.25, 0.3) is 0 Å². The van der Waals surface area contributed by atoms with Gasteiger partial charge in [-0.25, -0.2) is 9.97 Å². The van der Waals surface area contributed by atoms with Crippen LogP contribution in [0.1, 0.15) is 52.0 Å². The van der Waals surface area contributed by atoms with Gasteiger partial charge in [-0.3, -0.25) is 14.6 Å². The van der Waals surface area contributed by atoms with Gasteiger partial charge in [-0.2, -0.15) is 0 Å². The van der Waals surface area contributed by atoms with E-state index in [9.17, 15) is 4.79 Å². The van der Waals surface area contributed by atoms with Crippen LogP contribution in [-0.2, 0) is 4.79 Å². The van der Waals surface area contributed by atoms with Gasteiger partial charge in [0.05, 0.1) is 6.54 Å². The number of anilines is 1. The van der Waals surface area contributed by atoms with Crippen LogP contribution in [0, 0.1) is 5.92 Å². The van der Waals surface area contributed by atoms with Crippen LogP contribution in [0.4, 0.5) is 5.95 Å². The monoisotopic (exact) mass is 373 g/mol. The van der Waals surface area contributed by atoms with Crippen molar-refractivity contribution >= 4 is 11.7 Å². The zero-order valence-corrected chi connectivity index (χ0v) is 17.4. The maximum atomic E-state index is 11.9. The summed E-state index contributed by atoms with van der Waals surface area (Å²) in [5, 5.41) is 0. The number of ketones is 1. The number of carbonyl (C=O) groups excluding carboxylic acids is 1. The van der Waals surface area contributed by atoms with Crippen molar-refractivity contribution in [3.05, 3.63) is 18.0 Å². The smallest absolute Gasteiger partial charge is 0.225 e. The number of hydrogen-bond donors (Lipinski definition) is 0. The predicted octanol–water partition coefficient (Wildman–Crippen LogP) is 2.41. The Hall–Kier alpha value is -1.53. The fraction of sp³-hybridized carbons (Fsp3) is 0.762. The van der Waals surface area contributed by atoms with Crippen LogP contribution in [0.2, 0.25) is 0 Å². The van der Waals surface area contributed by atoms with Gasteiger partial charge >= 0.3 is 0 Å². The Balaban J connectivity index is 1.49. The first kappa shape index (κ1) is 20.2. The number of aromatic nitrogens is 2. The van der Waals surface area contributed by atoms with Crippen LogP contribution in [0.25, 0.3) is 0 Å². The van der Waals surface area contributed by atoms with Crippen LogP contribution < -0.4 is 4.90 Å². The first-order valence-corrected chi connectivity index (χ1v) is 10.5. The lowest BCUT2D eigenvalue weighted by molar-refractivity contribution is -0.123. The van der Waals surface area contributed by atoms with E-state index in [0.717, 1.165) is 58.1 Å². The molecule has 0 saturated carbocycles. The molecule has 3 heterocycles. The molecule has 0 aliphatic carbocycles. The average molecular weight is 374 g/mol. The molecule has 6 heteroatoms. The van der Waals surface area contributed by atoms with E-state index in [1.165, 1.54) is 5.56 Å². The first-order chi connectivity index (χ1) is 12.9. The summed E-state index contributed by atoms with van der Waals surface area (Å²) in [7, 11) is 0. The molecule has 6 nitrogen and oxygen atoms in total. The maximum Gasteiger partial charge on any atom is 0.225 e. The molecule has 150 valence electrons. The highest BCUT2D eigenvalue weighted by atomic mass is 16.1. The standard InChI is InChI=1S/C21H35N5O/c1-16(2)20(27)15-24-7-5-18(6-8-24)19-13-22-21(23-14-19)26-11-9-25(10-12-26)17(3)4/h13-14,16-18H,5-12,15H2,1-4H3. The van der Waals surface area contributed by atoms with E-state index in [0.29, 0.717) is 24.3 Å². The van der Waals surface area contributed by atoms with E-state index in [1.54, 1.807) is 0 Å². The number of Topliss-reactive ketones (excluding diaryl/α,β-unsaturated/α-hetero) is 1.